The molecule has 0 amide bonds. The van der Waals surface area contributed by atoms with E-state index in [1.165, 1.54) is 36.4 Å². The van der Waals surface area contributed by atoms with Gasteiger partial charge in [-0.2, -0.15) is 0 Å². The number of carboxylic acid groups (broad SMARTS) is 5. The second-order valence-electron chi connectivity index (χ2n) is 11.2. The molecular formula is C38H43F3O14. The van der Waals surface area contributed by atoms with Gasteiger partial charge >= 0.3 is 29.8 Å². The summed E-state index contributed by atoms with van der Waals surface area (Å²) in [6.45, 7) is 0.0982. The van der Waals surface area contributed by atoms with Crippen molar-refractivity contribution >= 4 is 41.7 Å². The molecule has 0 aliphatic carbocycles. The van der Waals surface area contributed by atoms with Crippen molar-refractivity contribution in [2.45, 2.75) is 70.6 Å². The molecule has 3 rings (SSSR count). The number of rotatable bonds is 19. The van der Waals surface area contributed by atoms with E-state index in [1.807, 2.05) is 0 Å². The third-order valence-corrected chi connectivity index (χ3v) is 6.67. The second kappa shape index (κ2) is 28.2. The Labute approximate surface area is 313 Å². The summed E-state index contributed by atoms with van der Waals surface area (Å²) in [6, 6.07) is 11.7. The number of phenols is 2. The minimum Gasteiger partial charge on any atom is -0.508 e. The number of hydrogen-bond acceptors (Lipinski definition) is 9. The highest BCUT2D eigenvalue weighted by Crippen LogP contribution is 2.22. The zero-order valence-corrected chi connectivity index (χ0v) is 29.5. The number of aromatic carboxylic acids is 1. The largest absolute Gasteiger partial charge is 0.508 e. The number of hydrogen-bond donors (Lipinski definition) is 7. The second-order valence-corrected chi connectivity index (χ2v) is 11.2. The first-order valence-corrected chi connectivity index (χ1v) is 16.6. The molecule has 0 aliphatic heterocycles. The van der Waals surface area contributed by atoms with Crippen LogP contribution in [0.3, 0.4) is 0 Å². The van der Waals surface area contributed by atoms with E-state index in [1.54, 1.807) is 0 Å². The Bertz CT molecular complexity index is 1680. The maximum Gasteiger partial charge on any atom is 0.339 e. The summed E-state index contributed by atoms with van der Waals surface area (Å²) < 4.78 is 42.6. The number of ether oxygens (including phenoxy) is 1. The quantitative estimate of drug-likeness (QED) is 0.0471. The van der Waals surface area contributed by atoms with Crippen LogP contribution in [0.2, 0.25) is 0 Å². The number of carbonyl (C=O) groups excluding carboxylic acids is 1. The average molecular weight is 781 g/mol. The summed E-state index contributed by atoms with van der Waals surface area (Å²) in [5.74, 6) is -6.63. The van der Waals surface area contributed by atoms with Gasteiger partial charge in [-0.3, -0.25) is 19.2 Å². The highest BCUT2D eigenvalue weighted by atomic mass is 19.1. The van der Waals surface area contributed by atoms with Gasteiger partial charge in [0.1, 0.15) is 46.0 Å². The van der Waals surface area contributed by atoms with Crippen LogP contribution in [0.5, 0.6) is 17.2 Å². The van der Waals surface area contributed by atoms with Gasteiger partial charge in [0.2, 0.25) is 0 Å². The molecule has 0 aliphatic rings. The maximum atomic E-state index is 12.8. The fourth-order valence-electron chi connectivity index (χ4n) is 3.96. The van der Waals surface area contributed by atoms with E-state index in [4.69, 9.17) is 40.5 Å². The van der Waals surface area contributed by atoms with Crippen LogP contribution in [-0.4, -0.2) is 78.0 Å². The Kier molecular flexibility index (Phi) is 24.9. The smallest absolute Gasteiger partial charge is 0.339 e. The van der Waals surface area contributed by atoms with Gasteiger partial charge in [0.05, 0.1) is 13.0 Å². The molecule has 14 nitrogen and oxygen atoms in total. The maximum absolute atomic E-state index is 12.8. The lowest BCUT2D eigenvalue weighted by molar-refractivity contribution is -0.138. The predicted molar refractivity (Wildman–Crippen MR) is 190 cm³/mol. The molecule has 0 aromatic heterocycles. The van der Waals surface area contributed by atoms with Gasteiger partial charge in [0, 0.05) is 49.5 Å². The average Bonchev–Trinajstić information content (AvgIpc) is 3.08. The molecule has 0 saturated heterocycles. The SMILES string of the molecule is O=C(O)C=Cc1ccc(F)cc1F.O=C(O)CCCCCC(=O)CCCCCC(=O)O.O=C(O)CCOc1ccc(F)cc1.O=C(O)c1ccc(O)cc1O. The molecule has 0 radical (unpaired) electrons. The number of halogens is 3. The molecule has 0 spiro atoms. The van der Waals surface area contributed by atoms with Crippen molar-refractivity contribution < 1.29 is 82.4 Å². The Hall–Kier alpha value is -6.39. The monoisotopic (exact) mass is 780 g/mol. The van der Waals surface area contributed by atoms with Crippen molar-refractivity contribution in [1.82, 2.24) is 0 Å². The molecule has 55 heavy (non-hydrogen) atoms. The summed E-state index contributed by atoms with van der Waals surface area (Å²) >= 11 is 0. The van der Waals surface area contributed by atoms with Crippen LogP contribution in [0.1, 0.15) is 86.6 Å². The van der Waals surface area contributed by atoms with Crippen LogP contribution in [-0.2, 0) is 24.0 Å². The van der Waals surface area contributed by atoms with Gasteiger partial charge in [-0.25, -0.2) is 22.8 Å². The van der Waals surface area contributed by atoms with Gasteiger partial charge in [-0.1, -0.05) is 12.8 Å². The number of ketones is 1. The van der Waals surface area contributed by atoms with Crippen molar-refractivity contribution in [3.05, 3.63) is 95.3 Å². The van der Waals surface area contributed by atoms with Gasteiger partial charge < -0.3 is 40.5 Å². The molecule has 300 valence electrons. The summed E-state index contributed by atoms with van der Waals surface area (Å²) in [6.07, 6.45) is 7.47. The van der Waals surface area contributed by atoms with E-state index >= 15 is 0 Å². The standard InChI is InChI=1S/C13H22O5.C9H6F2O2.C9H9FO3.C7H6O4/c14-11(7-3-1-5-9-12(15)16)8-4-2-6-10-13(17)18;10-7-3-1-6(8(11)5-7)2-4-9(12)13;10-7-1-3-8(4-2-7)13-6-5-9(11)12;8-4-1-2-5(7(10)11)6(9)3-4/h1-10H2,(H,15,16)(H,17,18);1-5H,(H,12,13);1-4H,5-6H2,(H,11,12);1-3,8-9H,(H,10,11). The van der Waals surface area contributed by atoms with E-state index in [0.717, 1.165) is 56.0 Å². The Morgan fingerprint density at radius 3 is 1.55 bits per heavy atom. The zero-order chi connectivity index (χ0) is 41.8. The van der Waals surface area contributed by atoms with E-state index in [0.29, 0.717) is 37.5 Å². The van der Waals surface area contributed by atoms with E-state index in [2.05, 4.69) is 0 Å². The lowest BCUT2D eigenvalue weighted by atomic mass is 10.0. The van der Waals surface area contributed by atoms with Crippen molar-refractivity contribution in [3.8, 4) is 17.2 Å². The molecule has 7 N–H and O–H groups in total. The van der Waals surface area contributed by atoms with E-state index in [-0.39, 0.29) is 54.3 Å². The molecule has 17 heteroatoms. The predicted octanol–water partition coefficient (Wildman–Crippen LogP) is 7.16. The lowest BCUT2D eigenvalue weighted by Gasteiger charge is -2.02. The normalized spacial score (nSPS) is 10.0. The first-order valence-electron chi connectivity index (χ1n) is 16.6. The summed E-state index contributed by atoms with van der Waals surface area (Å²) in [7, 11) is 0. The number of Topliss-reactive ketones (excluding diaryl/α,β-unsaturated/α-hetero) is 1. The number of aromatic hydroxyl groups is 2. The fourth-order valence-corrected chi connectivity index (χ4v) is 3.96. The Morgan fingerprint density at radius 1 is 0.582 bits per heavy atom. The highest BCUT2D eigenvalue weighted by Gasteiger charge is 2.08. The summed E-state index contributed by atoms with van der Waals surface area (Å²) in [5, 5.41) is 59.5. The Morgan fingerprint density at radius 2 is 1.09 bits per heavy atom. The number of phenolic OH excluding ortho intramolecular Hbond substituents is 1. The van der Waals surface area contributed by atoms with Gasteiger partial charge in [-0.05, 0) is 80.3 Å². The number of unbranched alkanes of at least 4 members (excludes halogenated alkanes) is 4. The minimum atomic E-state index is -1.22. The van der Waals surface area contributed by atoms with E-state index in [9.17, 15) is 41.9 Å². The minimum absolute atomic E-state index is 0.0452. The van der Waals surface area contributed by atoms with Crippen LogP contribution in [0, 0.1) is 17.5 Å². The molecule has 0 heterocycles. The molecule has 3 aromatic rings. The molecule has 0 atom stereocenters. The van der Waals surface area contributed by atoms with Gasteiger partial charge in [0.25, 0.3) is 0 Å². The topological polar surface area (TPSA) is 253 Å². The summed E-state index contributed by atoms with van der Waals surface area (Å²) in [4.78, 5) is 62.3. The summed E-state index contributed by atoms with van der Waals surface area (Å²) in [5.41, 5.74) is -0.174. The van der Waals surface area contributed by atoms with Crippen molar-refractivity contribution in [2.75, 3.05) is 6.61 Å². The highest BCUT2D eigenvalue weighted by molar-refractivity contribution is 5.91. The van der Waals surface area contributed by atoms with Crippen LogP contribution < -0.4 is 4.74 Å². The van der Waals surface area contributed by atoms with Crippen LogP contribution in [0.15, 0.2) is 66.7 Å². The van der Waals surface area contributed by atoms with Crippen LogP contribution >= 0.6 is 0 Å². The van der Waals surface area contributed by atoms with Crippen LogP contribution in [0.4, 0.5) is 13.2 Å². The molecule has 0 saturated carbocycles. The molecular weight excluding hydrogens is 737 g/mol. The first-order chi connectivity index (χ1) is 25.9. The Balaban J connectivity index is 0.000000717. The zero-order valence-electron chi connectivity index (χ0n) is 29.5. The molecule has 0 unspecified atom stereocenters. The van der Waals surface area contributed by atoms with Crippen molar-refractivity contribution in [3.63, 3.8) is 0 Å². The molecule has 0 bridgehead atoms. The number of carboxylic acids is 5. The number of aliphatic carboxylic acids is 4. The van der Waals surface area contributed by atoms with Crippen molar-refractivity contribution in [2.24, 2.45) is 0 Å². The first kappa shape index (κ1) is 48.6. The third kappa shape index (κ3) is 27.0. The fraction of sp³-hybridized carbons (Fsp3) is 0.316. The number of carbonyl (C=O) groups is 6. The molecule has 0 fully saturated rings. The van der Waals surface area contributed by atoms with Crippen LogP contribution in [0.25, 0.3) is 6.08 Å². The lowest BCUT2D eigenvalue weighted by Crippen LogP contribution is -2.04. The number of benzene rings is 3. The molecule has 3 aromatic carbocycles. The van der Waals surface area contributed by atoms with Crippen molar-refractivity contribution in [1.29, 1.82) is 0 Å². The van der Waals surface area contributed by atoms with Gasteiger partial charge in [0.15, 0.2) is 0 Å². The third-order valence-electron chi connectivity index (χ3n) is 6.67. The van der Waals surface area contributed by atoms with Gasteiger partial charge in [-0.15, -0.1) is 0 Å². The van der Waals surface area contributed by atoms with E-state index < -0.39 is 47.2 Å².